The van der Waals surface area contributed by atoms with Crippen LogP contribution in [0.4, 0.5) is 0 Å². The Hall–Kier alpha value is -2.58. The summed E-state index contributed by atoms with van der Waals surface area (Å²) in [7, 11) is 3.18. The van der Waals surface area contributed by atoms with Crippen LogP contribution < -0.4 is 14.8 Å². The molecule has 1 aromatic heterocycles. The third-order valence-electron chi connectivity index (χ3n) is 6.01. The highest BCUT2D eigenvalue weighted by Gasteiger charge is 2.31. The van der Waals surface area contributed by atoms with Gasteiger partial charge in [0.2, 0.25) is 0 Å². The van der Waals surface area contributed by atoms with Crippen molar-refractivity contribution in [3.63, 3.8) is 0 Å². The summed E-state index contributed by atoms with van der Waals surface area (Å²) < 4.78 is 12.9. The van der Waals surface area contributed by atoms with Crippen molar-refractivity contribution in [1.82, 2.24) is 15.1 Å². The molecule has 0 radical (unpaired) electrons. The van der Waals surface area contributed by atoms with Gasteiger partial charge in [-0.3, -0.25) is 9.48 Å². The lowest BCUT2D eigenvalue weighted by Gasteiger charge is -2.31. The summed E-state index contributed by atoms with van der Waals surface area (Å²) in [6, 6.07) is 6.51. The smallest absolute Gasteiger partial charge is 0.272 e. The number of nitrogens with zero attached hydrogens (tertiary/aromatic N) is 2. The molecule has 1 aliphatic carbocycles. The van der Waals surface area contributed by atoms with Crippen LogP contribution in [0.2, 0.25) is 0 Å². The van der Waals surface area contributed by atoms with E-state index in [4.69, 9.17) is 9.47 Å². The van der Waals surface area contributed by atoms with E-state index in [2.05, 4.69) is 24.3 Å². The molecular formula is C24H35N3O5. The molecule has 2 aromatic rings. The van der Waals surface area contributed by atoms with Crippen molar-refractivity contribution in [1.29, 1.82) is 0 Å². The van der Waals surface area contributed by atoms with Gasteiger partial charge in [0, 0.05) is 6.54 Å². The molecule has 8 heteroatoms. The van der Waals surface area contributed by atoms with Crippen LogP contribution >= 0.6 is 0 Å². The molecule has 0 bridgehead atoms. The van der Waals surface area contributed by atoms with Crippen molar-refractivity contribution in [3.8, 4) is 22.8 Å². The topological polar surface area (TPSA) is 106 Å². The molecule has 1 aromatic carbocycles. The van der Waals surface area contributed by atoms with Crippen LogP contribution in [0.5, 0.6) is 11.5 Å². The number of hydrogen-bond donors (Lipinski definition) is 3. The first-order valence-electron chi connectivity index (χ1n) is 11.3. The number of carbonyl (C=O) groups is 1. The predicted octanol–water partition coefficient (Wildman–Crippen LogP) is 3.21. The summed E-state index contributed by atoms with van der Waals surface area (Å²) in [5.41, 5.74) is 1.64. The number of amides is 1. The Morgan fingerprint density at radius 2 is 1.78 bits per heavy atom. The minimum Gasteiger partial charge on any atom is -0.496 e. The summed E-state index contributed by atoms with van der Waals surface area (Å²) in [6.45, 7) is 4.75. The van der Waals surface area contributed by atoms with Crippen molar-refractivity contribution >= 4 is 5.91 Å². The number of benzene rings is 1. The Kier molecular flexibility index (Phi) is 8.15. The minimum atomic E-state index is -1.62. The molecule has 1 atom stereocenters. The second-order valence-corrected chi connectivity index (χ2v) is 8.84. The highest BCUT2D eigenvalue weighted by Crippen LogP contribution is 2.39. The van der Waals surface area contributed by atoms with E-state index in [0.717, 1.165) is 37.7 Å². The lowest BCUT2D eigenvalue weighted by Crippen LogP contribution is -2.48. The Morgan fingerprint density at radius 3 is 2.31 bits per heavy atom. The SMILES string of the molecule is COc1cccc(OC)c1-c1cc(C(=O)N[C@H](C(O)O)C2CCCCC2)nn1CC(C)C. The number of nitrogens with one attached hydrogen (secondary N) is 1. The van der Waals surface area contributed by atoms with Gasteiger partial charge in [0.05, 0.1) is 31.5 Å². The molecule has 0 aliphatic heterocycles. The minimum absolute atomic E-state index is 0.0410. The molecule has 1 amide bonds. The maximum absolute atomic E-state index is 13.1. The number of ether oxygens (including phenoxy) is 2. The van der Waals surface area contributed by atoms with E-state index in [9.17, 15) is 15.0 Å². The van der Waals surface area contributed by atoms with Gasteiger partial charge >= 0.3 is 0 Å². The van der Waals surface area contributed by atoms with E-state index in [0.29, 0.717) is 29.7 Å². The Labute approximate surface area is 189 Å². The standard InChI is InChI=1S/C24H35N3O5/c1-15(2)14-27-18(21-19(31-3)11-8-12-20(21)32-4)13-17(26-27)23(28)25-22(24(29)30)16-9-6-5-7-10-16/h8,11-13,15-16,22,24,29-30H,5-7,9-10,14H2,1-4H3,(H,25,28)/t22-/m0/s1. The van der Waals surface area contributed by atoms with E-state index in [1.807, 2.05) is 18.2 Å². The highest BCUT2D eigenvalue weighted by molar-refractivity contribution is 5.94. The van der Waals surface area contributed by atoms with Crippen molar-refractivity contribution in [2.45, 2.75) is 64.8 Å². The zero-order valence-electron chi connectivity index (χ0n) is 19.4. The van der Waals surface area contributed by atoms with Crippen LogP contribution in [0.15, 0.2) is 24.3 Å². The zero-order valence-corrected chi connectivity index (χ0v) is 19.4. The van der Waals surface area contributed by atoms with Crippen LogP contribution in [-0.4, -0.2) is 52.5 Å². The van der Waals surface area contributed by atoms with E-state index in [1.165, 1.54) is 0 Å². The molecule has 1 heterocycles. The molecule has 0 spiro atoms. The van der Waals surface area contributed by atoms with Crippen molar-refractivity contribution < 1.29 is 24.5 Å². The number of hydrogen-bond acceptors (Lipinski definition) is 6. The normalized spacial score (nSPS) is 15.8. The summed E-state index contributed by atoms with van der Waals surface area (Å²) in [4.78, 5) is 13.1. The van der Waals surface area contributed by atoms with Crippen molar-refractivity contribution in [2.75, 3.05) is 14.2 Å². The number of aliphatic hydroxyl groups excluding tert-OH is 1. The van der Waals surface area contributed by atoms with Crippen molar-refractivity contribution in [3.05, 3.63) is 30.0 Å². The molecule has 176 valence electrons. The monoisotopic (exact) mass is 445 g/mol. The van der Waals surface area contributed by atoms with Gasteiger partial charge in [0.1, 0.15) is 11.5 Å². The second kappa shape index (κ2) is 10.8. The quantitative estimate of drug-likeness (QED) is 0.512. The van der Waals surface area contributed by atoms with Crippen LogP contribution in [-0.2, 0) is 6.54 Å². The third kappa shape index (κ3) is 5.42. The number of aromatic nitrogens is 2. The fourth-order valence-electron chi connectivity index (χ4n) is 4.47. The Bertz CT molecular complexity index is 881. The Balaban J connectivity index is 1.96. The van der Waals surface area contributed by atoms with E-state index < -0.39 is 18.2 Å². The Morgan fingerprint density at radius 1 is 1.16 bits per heavy atom. The van der Waals surface area contributed by atoms with Gasteiger partial charge in [-0.1, -0.05) is 39.2 Å². The molecule has 1 aliphatic rings. The van der Waals surface area contributed by atoms with Gasteiger partial charge in [-0.15, -0.1) is 0 Å². The molecule has 32 heavy (non-hydrogen) atoms. The van der Waals surface area contributed by atoms with Crippen LogP contribution in [0.3, 0.4) is 0 Å². The first kappa shape index (κ1) is 24.1. The summed E-state index contributed by atoms with van der Waals surface area (Å²) >= 11 is 0. The van der Waals surface area contributed by atoms with Crippen LogP contribution in [0.1, 0.15) is 56.4 Å². The van der Waals surface area contributed by atoms with Gasteiger partial charge in [-0.2, -0.15) is 5.10 Å². The van der Waals surface area contributed by atoms with Gasteiger partial charge in [-0.05, 0) is 42.9 Å². The lowest BCUT2D eigenvalue weighted by atomic mass is 9.83. The average Bonchev–Trinajstić information content (AvgIpc) is 3.19. The number of rotatable bonds is 9. The summed E-state index contributed by atoms with van der Waals surface area (Å²) in [5.74, 6) is 1.14. The van der Waals surface area contributed by atoms with E-state index >= 15 is 0 Å². The van der Waals surface area contributed by atoms with Gasteiger partial charge in [0.15, 0.2) is 12.0 Å². The van der Waals surface area contributed by atoms with Gasteiger partial charge in [-0.25, -0.2) is 0 Å². The average molecular weight is 446 g/mol. The first-order valence-corrected chi connectivity index (χ1v) is 11.3. The summed E-state index contributed by atoms with van der Waals surface area (Å²) in [5, 5.41) is 27.3. The maximum Gasteiger partial charge on any atom is 0.272 e. The predicted molar refractivity (Wildman–Crippen MR) is 122 cm³/mol. The number of aliphatic hydroxyl groups is 2. The van der Waals surface area contributed by atoms with E-state index in [-0.39, 0.29) is 11.6 Å². The van der Waals surface area contributed by atoms with E-state index in [1.54, 1.807) is 25.0 Å². The molecule has 8 nitrogen and oxygen atoms in total. The second-order valence-electron chi connectivity index (χ2n) is 8.84. The molecule has 0 saturated heterocycles. The zero-order chi connectivity index (χ0) is 23.3. The molecule has 1 saturated carbocycles. The fraction of sp³-hybridized carbons (Fsp3) is 0.583. The van der Waals surface area contributed by atoms with Crippen LogP contribution in [0.25, 0.3) is 11.3 Å². The maximum atomic E-state index is 13.1. The lowest BCUT2D eigenvalue weighted by molar-refractivity contribution is -0.0819. The summed E-state index contributed by atoms with van der Waals surface area (Å²) in [6.07, 6.45) is 3.33. The molecular weight excluding hydrogens is 410 g/mol. The number of methoxy groups -OCH3 is 2. The molecule has 3 N–H and O–H groups in total. The molecule has 1 fully saturated rings. The molecule has 0 unspecified atom stereocenters. The van der Waals surface area contributed by atoms with Crippen LogP contribution in [0, 0.1) is 11.8 Å². The fourth-order valence-corrected chi connectivity index (χ4v) is 4.47. The molecule has 3 rings (SSSR count). The van der Waals surface area contributed by atoms with Crippen molar-refractivity contribution in [2.24, 2.45) is 11.8 Å². The largest absolute Gasteiger partial charge is 0.496 e. The third-order valence-corrected chi connectivity index (χ3v) is 6.01. The number of carbonyl (C=O) groups excluding carboxylic acids is 1. The van der Waals surface area contributed by atoms with Gasteiger partial charge in [0.25, 0.3) is 5.91 Å². The first-order chi connectivity index (χ1) is 15.3. The van der Waals surface area contributed by atoms with Gasteiger partial charge < -0.3 is 25.0 Å². The highest BCUT2D eigenvalue weighted by atomic mass is 16.5.